The highest BCUT2D eigenvalue weighted by atomic mass is 16.5. The molecule has 1 amide bonds. The number of piperazine rings is 1. The Balaban J connectivity index is 2.34. The summed E-state index contributed by atoms with van der Waals surface area (Å²) in [7, 11) is 0. The van der Waals surface area contributed by atoms with E-state index in [9.17, 15) is 4.79 Å². The molecule has 0 aromatic heterocycles. The first-order chi connectivity index (χ1) is 7.58. The van der Waals surface area contributed by atoms with Crippen LogP contribution in [0.2, 0.25) is 0 Å². The maximum absolute atomic E-state index is 12.0. The zero-order valence-corrected chi connectivity index (χ0v) is 10.7. The number of ether oxygens (including phenoxy) is 1. The molecule has 0 atom stereocenters. The van der Waals surface area contributed by atoms with Gasteiger partial charge < -0.3 is 15.0 Å². The van der Waals surface area contributed by atoms with E-state index in [0.29, 0.717) is 13.0 Å². The van der Waals surface area contributed by atoms with Gasteiger partial charge in [-0.2, -0.15) is 0 Å². The molecule has 1 fully saturated rings. The number of nitrogens with one attached hydrogen (secondary N) is 1. The zero-order chi connectivity index (χ0) is 12.0. The Morgan fingerprint density at radius 3 is 2.88 bits per heavy atom. The number of carbonyl (C=O) groups is 1. The van der Waals surface area contributed by atoms with E-state index >= 15 is 0 Å². The number of hydrogen-bond donors (Lipinski definition) is 1. The minimum Gasteiger partial charge on any atom is -0.382 e. The van der Waals surface area contributed by atoms with Gasteiger partial charge in [0.25, 0.3) is 0 Å². The molecule has 0 bridgehead atoms. The molecule has 1 aliphatic rings. The third kappa shape index (κ3) is 3.76. The Labute approximate surface area is 98.3 Å². The van der Waals surface area contributed by atoms with Crippen molar-refractivity contribution in [2.45, 2.75) is 39.2 Å². The van der Waals surface area contributed by atoms with E-state index in [4.69, 9.17) is 4.74 Å². The predicted octanol–water partition coefficient (Wildman–Crippen LogP) is 1.01. The summed E-state index contributed by atoms with van der Waals surface area (Å²) in [5.41, 5.74) is -0.0546. The summed E-state index contributed by atoms with van der Waals surface area (Å²) in [6.45, 7) is 10.2. The van der Waals surface area contributed by atoms with E-state index in [1.54, 1.807) is 0 Å². The maximum Gasteiger partial charge on any atom is 0.223 e. The Morgan fingerprint density at radius 2 is 2.25 bits per heavy atom. The fourth-order valence-electron chi connectivity index (χ4n) is 2.05. The molecule has 0 aliphatic carbocycles. The molecule has 4 nitrogen and oxygen atoms in total. The zero-order valence-electron chi connectivity index (χ0n) is 10.7. The Kier molecular flexibility index (Phi) is 5.22. The third-order valence-electron chi connectivity index (χ3n) is 2.98. The van der Waals surface area contributed by atoms with Gasteiger partial charge in [0.1, 0.15) is 0 Å². The molecule has 1 N–H and O–H groups in total. The maximum atomic E-state index is 12.0. The Hall–Kier alpha value is -0.610. The predicted molar refractivity (Wildman–Crippen MR) is 64.4 cm³/mol. The second kappa shape index (κ2) is 6.21. The molecule has 16 heavy (non-hydrogen) atoms. The lowest BCUT2D eigenvalue weighted by molar-refractivity contribution is -0.138. The monoisotopic (exact) mass is 228 g/mol. The number of rotatable bonds is 5. The van der Waals surface area contributed by atoms with Gasteiger partial charge in [0.15, 0.2) is 0 Å². The van der Waals surface area contributed by atoms with E-state index in [0.717, 1.165) is 32.7 Å². The van der Waals surface area contributed by atoms with Crippen LogP contribution in [-0.2, 0) is 9.53 Å². The molecule has 0 saturated carbocycles. The molecule has 94 valence electrons. The van der Waals surface area contributed by atoms with Crippen molar-refractivity contribution < 1.29 is 9.53 Å². The molecule has 1 heterocycles. The Morgan fingerprint density at radius 1 is 1.50 bits per heavy atom. The first-order valence-corrected chi connectivity index (χ1v) is 6.17. The van der Waals surface area contributed by atoms with Crippen molar-refractivity contribution in [2.75, 3.05) is 32.8 Å². The van der Waals surface area contributed by atoms with Crippen LogP contribution in [0.5, 0.6) is 0 Å². The van der Waals surface area contributed by atoms with E-state index < -0.39 is 0 Å². The summed E-state index contributed by atoms with van der Waals surface area (Å²) >= 11 is 0. The summed E-state index contributed by atoms with van der Waals surface area (Å²) in [5, 5.41) is 3.32. The molecule has 4 heteroatoms. The molecule has 0 unspecified atom stereocenters. The highest BCUT2D eigenvalue weighted by Gasteiger charge is 2.32. The highest BCUT2D eigenvalue weighted by Crippen LogP contribution is 2.17. The summed E-state index contributed by atoms with van der Waals surface area (Å²) < 4.78 is 5.24. The van der Waals surface area contributed by atoms with Crippen LogP contribution in [-0.4, -0.2) is 49.2 Å². The summed E-state index contributed by atoms with van der Waals surface area (Å²) in [5.74, 6) is 0.256. The van der Waals surface area contributed by atoms with Crippen LogP contribution in [0, 0.1) is 0 Å². The van der Waals surface area contributed by atoms with Crippen molar-refractivity contribution in [2.24, 2.45) is 0 Å². The van der Waals surface area contributed by atoms with E-state index in [-0.39, 0.29) is 11.4 Å². The topological polar surface area (TPSA) is 41.6 Å². The quantitative estimate of drug-likeness (QED) is 0.714. The lowest BCUT2D eigenvalue weighted by Crippen LogP contribution is -2.59. The van der Waals surface area contributed by atoms with Crippen molar-refractivity contribution in [3.05, 3.63) is 0 Å². The van der Waals surface area contributed by atoms with Crippen LogP contribution in [0.1, 0.15) is 33.6 Å². The first-order valence-electron chi connectivity index (χ1n) is 6.17. The summed E-state index contributed by atoms with van der Waals surface area (Å²) in [4.78, 5) is 14.0. The molecule has 0 spiro atoms. The normalized spacial score (nSPS) is 19.8. The van der Waals surface area contributed by atoms with E-state index in [1.807, 2.05) is 11.8 Å². The minimum atomic E-state index is -0.0546. The lowest BCUT2D eigenvalue weighted by Gasteiger charge is -2.43. The number of hydrogen-bond acceptors (Lipinski definition) is 3. The second-order valence-corrected chi connectivity index (χ2v) is 4.84. The second-order valence-electron chi connectivity index (χ2n) is 4.84. The third-order valence-corrected chi connectivity index (χ3v) is 2.98. The van der Waals surface area contributed by atoms with Crippen molar-refractivity contribution in [1.82, 2.24) is 10.2 Å². The van der Waals surface area contributed by atoms with Crippen LogP contribution in [0.25, 0.3) is 0 Å². The highest BCUT2D eigenvalue weighted by molar-refractivity contribution is 5.77. The largest absolute Gasteiger partial charge is 0.382 e. The molecule has 1 aliphatic heterocycles. The van der Waals surface area contributed by atoms with E-state index in [1.165, 1.54) is 0 Å². The van der Waals surface area contributed by atoms with E-state index in [2.05, 4.69) is 19.2 Å². The SMILES string of the molecule is CCOCCCC(=O)N1CCNCC1(C)C. The van der Waals surface area contributed by atoms with Crippen LogP contribution in [0.3, 0.4) is 0 Å². The van der Waals surface area contributed by atoms with Gasteiger partial charge in [0.05, 0.1) is 0 Å². The number of carbonyl (C=O) groups excluding carboxylic acids is 1. The standard InChI is InChI=1S/C12H24N2O2/c1-4-16-9-5-6-11(15)14-8-7-13-10-12(14,2)3/h13H,4-10H2,1-3H3. The van der Waals surface area contributed by atoms with Crippen molar-refractivity contribution >= 4 is 5.91 Å². The molecular weight excluding hydrogens is 204 g/mol. The smallest absolute Gasteiger partial charge is 0.223 e. The van der Waals surface area contributed by atoms with Crippen molar-refractivity contribution in [3.63, 3.8) is 0 Å². The molecule has 1 rings (SSSR count). The molecule has 0 aromatic rings. The molecular formula is C12H24N2O2. The molecule has 1 saturated heterocycles. The fourth-order valence-corrected chi connectivity index (χ4v) is 2.05. The van der Waals surface area contributed by atoms with Gasteiger partial charge >= 0.3 is 0 Å². The first kappa shape index (κ1) is 13.5. The van der Waals surface area contributed by atoms with Gasteiger partial charge in [-0.05, 0) is 27.2 Å². The van der Waals surface area contributed by atoms with Gasteiger partial charge in [-0.25, -0.2) is 0 Å². The van der Waals surface area contributed by atoms with Crippen LogP contribution in [0.4, 0.5) is 0 Å². The average Bonchev–Trinajstić information content (AvgIpc) is 2.23. The fraction of sp³-hybridized carbons (Fsp3) is 0.917. The summed E-state index contributed by atoms with van der Waals surface area (Å²) in [6, 6.07) is 0. The van der Waals surface area contributed by atoms with Gasteiger partial charge in [-0.3, -0.25) is 4.79 Å². The Bertz CT molecular complexity index is 229. The lowest BCUT2D eigenvalue weighted by atomic mass is 9.99. The molecule has 0 radical (unpaired) electrons. The van der Waals surface area contributed by atoms with Gasteiger partial charge in [-0.15, -0.1) is 0 Å². The van der Waals surface area contributed by atoms with Crippen molar-refractivity contribution in [1.29, 1.82) is 0 Å². The summed E-state index contributed by atoms with van der Waals surface area (Å²) in [6.07, 6.45) is 1.43. The van der Waals surface area contributed by atoms with Gasteiger partial charge in [-0.1, -0.05) is 0 Å². The van der Waals surface area contributed by atoms with Crippen LogP contribution < -0.4 is 5.32 Å². The van der Waals surface area contributed by atoms with Gasteiger partial charge in [0.2, 0.25) is 5.91 Å². The molecule has 0 aromatic carbocycles. The van der Waals surface area contributed by atoms with Crippen molar-refractivity contribution in [3.8, 4) is 0 Å². The average molecular weight is 228 g/mol. The number of nitrogens with zero attached hydrogens (tertiary/aromatic N) is 1. The van der Waals surface area contributed by atoms with Gasteiger partial charge in [0, 0.05) is 44.8 Å². The minimum absolute atomic E-state index is 0.0546. The van der Waals surface area contributed by atoms with Crippen LogP contribution in [0.15, 0.2) is 0 Å². The van der Waals surface area contributed by atoms with Crippen LogP contribution >= 0.6 is 0 Å². The number of amides is 1.